The minimum Gasteiger partial charge on any atom is -0.346 e. The molecule has 0 fully saturated rings. The van der Waals surface area contributed by atoms with E-state index < -0.39 is 0 Å². The lowest BCUT2D eigenvalue weighted by atomic mass is 10.1. The van der Waals surface area contributed by atoms with Gasteiger partial charge in [0.05, 0.1) is 0 Å². The monoisotopic (exact) mass is 229 g/mol. The number of rotatable bonds is 1. The van der Waals surface area contributed by atoms with Crippen LogP contribution in [-0.2, 0) is 0 Å². The summed E-state index contributed by atoms with van der Waals surface area (Å²) in [4.78, 5) is 11.4. The smallest absolute Gasteiger partial charge is 0.137 e. The second kappa shape index (κ2) is 3.61. The summed E-state index contributed by atoms with van der Waals surface area (Å²) in [6, 6.07) is 7.72. The Morgan fingerprint density at radius 2 is 2.00 bits per heavy atom. The van der Waals surface area contributed by atoms with E-state index in [1.807, 2.05) is 24.4 Å². The molecule has 0 aliphatic rings. The van der Waals surface area contributed by atoms with Crippen LogP contribution in [0.4, 0.5) is 0 Å². The average molecular weight is 230 g/mol. The first-order valence-corrected chi connectivity index (χ1v) is 5.26. The third-order valence-corrected chi connectivity index (χ3v) is 2.72. The van der Waals surface area contributed by atoms with E-state index in [1.165, 1.54) is 0 Å². The second-order valence-electron chi connectivity index (χ2n) is 3.47. The number of halogens is 1. The highest BCUT2D eigenvalue weighted by molar-refractivity contribution is 6.29. The van der Waals surface area contributed by atoms with Crippen molar-refractivity contribution in [2.75, 3.05) is 0 Å². The van der Waals surface area contributed by atoms with Crippen molar-refractivity contribution in [3.63, 3.8) is 0 Å². The molecule has 0 bridgehead atoms. The first kappa shape index (κ1) is 9.36. The van der Waals surface area contributed by atoms with Gasteiger partial charge in [-0.05, 0) is 29.8 Å². The van der Waals surface area contributed by atoms with E-state index >= 15 is 0 Å². The van der Waals surface area contributed by atoms with Crippen LogP contribution in [0.3, 0.4) is 0 Å². The third kappa shape index (κ3) is 1.46. The van der Waals surface area contributed by atoms with E-state index in [-0.39, 0.29) is 0 Å². The quantitative estimate of drug-likeness (QED) is 0.651. The van der Waals surface area contributed by atoms with Gasteiger partial charge < -0.3 is 4.98 Å². The lowest BCUT2D eigenvalue weighted by Gasteiger charge is -2.02. The number of nitrogens with one attached hydrogen (secondary N) is 1. The minimum atomic E-state index is 0.503. The summed E-state index contributed by atoms with van der Waals surface area (Å²) in [5, 5.41) is 1.59. The number of nitrogens with zero attached hydrogens (tertiary/aromatic N) is 2. The molecule has 0 saturated carbocycles. The van der Waals surface area contributed by atoms with Crippen molar-refractivity contribution in [1.29, 1.82) is 0 Å². The first-order chi connectivity index (χ1) is 7.84. The molecule has 3 aromatic heterocycles. The molecule has 0 saturated heterocycles. The van der Waals surface area contributed by atoms with E-state index in [2.05, 4.69) is 15.0 Å². The summed E-state index contributed by atoms with van der Waals surface area (Å²) in [6.07, 6.45) is 5.43. The minimum absolute atomic E-state index is 0.503. The molecule has 0 spiro atoms. The van der Waals surface area contributed by atoms with Crippen molar-refractivity contribution in [2.24, 2.45) is 0 Å². The van der Waals surface area contributed by atoms with Crippen LogP contribution in [0.25, 0.3) is 22.2 Å². The fraction of sp³-hybridized carbons (Fsp3) is 0. The number of aromatic amines is 1. The molecule has 78 valence electrons. The predicted octanol–water partition coefficient (Wildman–Crippen LogP) is 3.28. The molecular weight excluding hydrogens is 222 g/mol. The van der Waals surface area contributed by atoms with Crippen LogP contribution in [0, 0.1) is 0 Å². The zero-order valence-electron chi connectivity index (χ0n) is 8.31. The summed E-state index contributed by atoms with van der Waals surface area (Å²) in [6.45, 7) is 0. The molecule has 0 unspecified atom stereocenters. The van der Waals surface area contributed by atoms with Gasteiger partial charge in [0.15, 0.2) is 0 Å². The summed E-state index contributed by atoms with van der Waals surface area (Å²) in [5.74, 6) is 0. The van der Waals surface area contributed by atoms with Gasteiger partial charge in [-0.25, -0.2) is 9.97 Å². The highest BCUT2D eigenvalue weighted by Gasteiger charge is 2.05. The van der Waals surface area contributed by atoms with Crippen LogP contribution in [0.2, 0.25) is 5.15 Å². The standard InChI is InChI=1S/C12H8ClN3/c13-11-2-1-8(7-16-11)9-3-5-14-12-10(9)4-6-15-12/h1-7H,(H,14,15). The van der Waals surface area contributed by atoms with Crippen molar-refractivity contribution in [3.8, 4) is 11.1 Å². The number of pyridine rings is 2. The largest absolute Gasteiger partial charge is 0.346 e. The number of fused-ring (bicyclic) bond motifs is 1. The number of H-pyrrole nitrogens is 1. The van der Waals surface area contributed by atoms with E-state index in [0.717, 1.165) is 22.2 Å². The molecule has 0 radical (unpaired) electrons. The van der Waals surface area contributed by atoms with Crippen molar-refractivity contribution in [1.82, 2.24) is 15.0 Å². The van der Waals surface area contributed by atoms with Crippen LogP contribution in [-0.4, -0.2) is 15.0 Å². The van der Waals surface area contributed by atoms with Crippen LogP contribution >= 0.6 is 11.6 Å². The number of aromatic nitrogens is 3. The molecule has 3 rings (SSSR count). The third-order valence-electron chi connectivity index (χ3n) is 2.50. The van der Waals surface area contributed by atoms with Crippen LogP contribution in [0.1, 0.15) is 0 Å². The number of hydrogen-bond donors (Lipinski definition) is 1. The maximum Gasteiger partial charge on any atom is 0.137 e. The van der Waals surface area contributed by atoms with Gasteiger partial charge in [0, 0.05) is 29.5 Å². The summed E-state index contributed by atoms with van der Waals surface area (Å²) in [7, 11) is 0. The summed E-state index contributed by atoms with van der Waals surface area (Å²) in [5.41, 5.74) is 3.03. The molecule has 4 heteroatoms. The van der Waals surface area contributed by atoms with Gasteiger partial charge in [0.1, 0.15) is 10.8 Å². The van der Waals surface area contributed by atoms with E-state index in [0.29, 0.717) is 5.15 Å². The lowest BCUT2D eigenvalue weighted by Crippen LogP contribution is -1.83. The molecule has 0 aromatic carbocycles. The van der Waals surface area contributed by atoms with Crippen molar-refractivity contribution < 1.29 is 0 Å². The highest BCUT2D eigenvalue weighted by Crippen LogP contribution is 2.26. The molecule has 0 atom stereocenters. The van der Waals surface area contributed by atoms with E-state index in [9.17, 15) is 0 Å². The van der Waals surface area contributed by atoms with Crippen molar-refractivity contribution in [3.05, 3.63) is 48.0 Å². The Morgan fingerprint density at radius 3 is 2.81 bits per heavy atom. The molecule has 1 N–H and O–H groups in total. The molecule has 0 aliphatic carbocycles. The maximum atomic E-state index is 5.77. The fourth-order valence-corrected chi connectivity index (χ4v) is 1.86. The zero-order chi connectivity index (χ0) is 11.0. The Morgan fingerprint density at radius 1 is 1.06 bits per heavy atom. The zero-order valence-corrected chi connectivity index (χ0v) is 9.07. The normalized spacial score (nSPS) is 10.8. The SMILES string of the molecule is Clc1ccc(-c2ccnc3[nH]ccc23)cn1. The van der Waals surface area contributed by atoms with Gasteiger partial charge in [-0.15, -0.1) is 0 Å². The van der Waals surface area contributed by atoms with Gasteiger partial charge >= 0.3 is 0 Å². The van der Waals surface area contributed by atoms with Gasteiger partial charge in [-0.1, -0.05) is 11.6 Å². The van der Waals surface area contributed by atoms with Crippen LogP contribution in [0.5, 0.6) is 0 Å². The Balaban J connectivity index is 2.25. The Labute approximate surface area is 97.1 Å². The van der Waals surface area contributed by atoms with Gasteiger partial charge in [0.2, 0.25) is 0 Å². The molecular formula is C12H8ClN3. The topological polar surface area (TPSA) is 41.6 Å². The van der Waals surface area contributed by atoms with E-state index in [1.54, 1.807) is 18.5 Å². The summed E-state index contributed by atoms with van der Waals surface area (Å²) >= 11 is 5.77. The fourth-order valence-electron chi connectivity index (χ4n) is 1.75. The van der Waals surface area contributed by atoms with Gasteiger partial charge in [-0.2, -0.15) is 0 Å². The molecule has 16 heavy (non-hydrogen) atoms. The van der Waals surface area contributed by atoms with Crippen molar-refractivity contribution >= 4 is 22.6 Å². The Kier molecular flexibility index (Phi) is 2.11. The van der Waals surface area contributed by atoms with Gasteiger partial charge in [0.25, 0.3) is 0 Å². The van der Waals surface area contributed by atoms with Crippen LogP contribution in [0.15, 0.2) is 42.9 Å². The average Bonchev–Trinajstić information content (AvgIpc) is 2.78. The molecule has 0 aliphatic heterocycles. The Bertz CT molecular complexity index is 628. The molecule has 3 nitrogen and oxygen atoms in total. The first-order valence-electron chi connectivity index (χ1n) is 4.88. The molecule has 3 heterocycles. The molecule has 3 aromatic rings. The lowest BCUT2D eigenvalue weighted by molar-refractivity contribution is 1.31. The predicted molar refractivity (Wildman–Crippen MR) is 64.3 cm³/mol. The maximum absolute atomic E-state index is 5.77. The van der Waals surface area contributed by atoms with Crippen LogP contribution < -0.4 is 0 Å². The van der Waals surface area contributed by atoms with Gasteiger partial charge in [-0.3, -0.25) is 0 Å². The number of hydrogen-bond acceptors (Lipinski definition) is 2. The van der Waals surface area contributed by atoms with Crippen molar-refractivity contribution in [2.45, 2.75) is 0 Å². The summed E-state index contributed by atoms with van der Waals surface area (Å²) < 4.78 is 0. The van der Waals surface area contributed by atoms with E-state index in [4.69, 9.17) is 11.6 Å². The second-order valence-corrected chi connectivity index (χ2v) is 3.86. The highest BCUT2D eigenvalue weighted by atomic mass is 35.5. The molecule has 0 amide bonds. The Hall–Kier alpha value is -1.87.